The van der Waals surface area contributed by atoms with E-state index in [-0.39, 0.29) is 0 Å². The van der Waals surface area contributed by atoms with Crippen LogP contribution in [0.1, 0.15) is 34.9 Å². The summed E-state index contributed by atoms with van der Waals surface area (Å²) in [4.78, 5) is 10.2. The zero-order chi connectivity index (χ0) is 13.5. The third kappa shape index (κ3) is 2.16. The molecule has 3 aromatic rings. The van der Waals surface area contributed by atoms with Crippen molar-refractivity contribution in [2.75, 3.05) is 5.73 Å². The van der Waals surface area contributed by atoms with Gasteiger partial charge in [-0.3, -0.25) is 4.98 Å². The normalized spacial score (nSPS) is 14.8. The predicted octanol–water partition coefficient (Wildman–Crippen LogP) is 3.74. The molecule has 2 aromatic heterocycles. The second-order valence-electron chi connectivity index (χ2n) is 5.34. The lowest BCUT2D eigenvalue weighted by atomic mass is 10.1. The van der Waals surface area contributed by atoms with Crippen molar-refractivity contribution in [2.24, 2.45) is 0 Å². The number of nitrogen functional groups attached to an aromatic ring is 1. The minimum absolute atomic E-state index is 0.653. The maximum atomic E-state index is 5.89. The highest BCUT2D eigenvalue weighted by atomic mass is 32.1. The summed E-state index contributed by atoms with van der Waals surface area (Å²) in [5, 5.41) is 1.89. The summed E-state index contributed by atoms with van der Waals surface area (Å²) in [6, 6.07) is 10.5. The number of benzene rings is 1. The van der Waals surface area contributed by atoms with E-state index in [1.807, 2.05) is 12.3 Å². The van der Waals surface area contributed by atoms with E-state index >= 15 is 0 Å². The average molecular weight is 281 g/mol. The van der Waals surface area contributed by atoms with E-state index in [1.165, 1.54) is 34.4 Å². The molecule has 1 aromatic carbocycles. The highest BCUT2D eigenvalue weighted by molar-refractivity contribution is 7.15. The molecular formula is C16H15N3S. The van der Waals surface area contributed by atoms with Gasteiger partial charge in [0.25, 0.3) is 0 Å². The standard InChI is InChI=1S/C16H15N3S/c17-16-19-15(11-4-5-11)14(20-16)9-10-3-6-13-12(8-10)2-1-7-18-13/h1-3,6-8,11H,4-5,9H2,(H2,17,19). The number of anilines is 1. The van der Waals surface area contributed by atoms with Gasteiger partial charge in [0.2, 0.25) is 0 Å². The molecule has 20 heavy (non-hydrogen) atoms. The molecule has 100 valence electrons. The summed E-state index contributed by atoms with van der Waals surface area (Å²) in [6.07, 6.45) is 5.28. The van der Waals surface area contributed by atoms with Gasteiger partial charge in [0.15, 0.2) is 5.13 Å². The first-order valence-electron chi connectivity index (χ1n) is 6.88. The second-order valence-corrected chi connectivity index (χ2v) is 6.46. The highest BCUT2D eigenvalue weighted by Crippen LogP contribution is 2.43. The van der Waals surface area contributed by atoms with Gasteiger partial charge in [0.1, 0.15) is 0 Å². The van der Waals surface area contributed by atoms with Gasteiger partial charge in [-0.25, -0.2) is 4.98 Å². The second kappa shape index (κ2) is 4.56. The molecule has 0 amide bonds. The summed E-state index contributed by atoms with van der Waals surface area (Å²) < 4.78 is 0. The first-order chi connectivity index (χ1) is 9.79. The molecule has 3 nitrogen and oxygen atoms in total. The number of rotatable bonds is 3. The summed E-state index contributed by atoms with van der Waals surface area (Å²) in [7, 11) is 0. The van der Waals surface area contributed by atoms with Crippen LogP contribution in [0, 0.1) is 0 Å². The monoisotopic (exact) mass is 281 g/mol. The molecule has 0 radical (unpaired) electrons. The molecule has 0 bridgehead atoms. The van der Waals surface area contributed by atoms with E-state index in [0.29, 0.717) is 11.0 Å². The molecule has 0 atom stereocenters. The van der Waals surface area contributed by atoms with Crippen molar-refractivity contribution in [3.63, 3.8) is 0 Å². The Bertz CT molecular complexity index is 774. The van der Waals surface area contributed by atoms with Crippen molar-refractivity contribution in [1.29, 1.82) is 0 Å². The van der Waals surface area contributed by atoms with E-state index in [4.69, 9.17) is 5.73 Å². The Morgan fingerprint density at radius 3 is 3.00 bits per heavy atom. The number of fused-ring (bicyclic) bond motifs is 1. The molecule has 1 saturated carbocycles. The van der Waals surface area contributed by atoms with Gasteiger partial charge in [-0.2, -0.15) is 0 Å². The Kier molecular flexibility index (Phi) is 2.70. The van der Waals surface area contributed by atoms with Gasteiger partial charge in [0.05, 0.1) is 11.2 Å². The van der Waals surface area contributed by atoms with Crippen LogP contribution in [0.15, 0.2) is 36.5 Å². The first-order valence-corrected chi connectivity index (χ1v) is 7.70. The van der Waals surface area contributed by atoms with E-state index < -0.39 is 0 Å². The molecule has 1 fully saturated rings. The molecule has 0 saturated heterocycles. The minimum Gasteiger partial charge on any atom is -0.375 e. The lowest BCUT2D eigenvalue weighted by molar-refractivity contribution is 1.01. The van der Waals surface area contributed by atoms with Crippen LogP contribution in [0.25, 0.3) is 10.9 Å². The third-order valence-electron chi connectivity index (χ3n) is 3.74. The summed E-state index contributed by atoms with van der Waals surface area (Å²) >= 11 is 1.63. The summed E-state index contributed by atoms with van der Waals surface area (Å²) in [5.41, 5.74) is 9.47. The first kappa shape index (κ1) is 11.9. The molecule has 1 aliphatic carbocycles. The van der Waals surface area contributed by atoms with E-state index in [0.717, 1.165) is 11.9 Å². The SMILES string of the molecule is Nc1nc(C2CC2)c(Cc2ccc3ncccc3c2)s1. The topological polar surface area (TPSA) is 51.8 Å². The maximum Gasteiger partial charge on any atom is 0.180 e. The van der Waals surface area contributed by atoms with Crippen LogP contribution < -0.4 is 5.73 Å². The van der Waals surface area contributed by atoms with Gasteiger partial charge in [-0.1, -0.05) is 12.1 Å². The number of aromatic nitrogens is 2. The van der Waals surface area contributed by atoms with Gasteiger partial charge < -0.3 is 5.73 Å². The Morgan fingerprint density at radius 2 is 2.15 bits per heavy atom. The van der Waals surface area contributed by atoms with Gasteiger partial charge >= 0.3 is 0 Å². The van der Waals surface area contributed by atoms with E-state index in [1.54, 1.807) is 11.3 Å². The Labute approximate surface area is 121 Å². The van der Waals surface area contributed by atoms with Crippen molar-refractivity contribution in [2.45, 2.75) is 25.2 Å². The van der Waals surface area contributed by atoms with Crippen LogP contribution in [0.2, 0.25) is 0 Å². The fraction of sp³-hybridized carbons (Fsp3) is 0.250. The van der Waals surface area contributed by atoms with Gasteiger partial charge in [-0.15, -0.1) is 11.3 Å². The average Bonchev–Trinajstić information content (AvgIpc) is 3.23. The number of nitrogens with zero attached hydrogens (tertiary/aromatic N) is 2. The Hall–Kier alpha value is -1.94. The van der Waals surface area contributed by atoms with Crippen molar-refractivity contribution in [1.82, 2.24) is 9.97 Å². The molecule has 0 spiro atoms. The van der Waals surface area contributed by atoms with Gasteiger partial charge in [-0.05, 0) is 36.6 Å². The fourth-order valence-corrected chi connectivity index (χ4v) is 3.56. The van der Waals surface area contributed by atoms with Crippen LogP contribution in [-0.4, -0.2) is 9.97 Å². The van der Waals surface area contributed by atoms with Crippen LogP contribution in [0.3, 0.4) is 0 Å². The molecule has 4 rings (SSSR count). The molecule has 0 aliphatic heterocycles. The number of hydrogen-bond acceptors (Lipinski definition) is 4. The van der Waals surface area contributed by atoms with Crippen LogP contribution >= 0.6 is 11.3 Å². The summed E-state index contributed by atoms with van der Waals surface area (Å²) in [6.45, 7) is 0. The van der Waals surface area contributed by atoms with Crippen LogP contribution in [0.5, 0.6) is 0 Å². The van der Waals surface area contributed by atoms with Crippen molar-refractivity contribution < 1.29 is 0 Å². The number of nitrogens with two attached hydrogens (primary N) is 1. The lowest BCUT2D eigenvalue weighted by Crippen LogP contribution is -1.91. The molecule has 2 N–H and O–H groups in total. The molecule has 1 aliphatic rings. The zero-order valence-electron chi connectivity index (χ0n) is 11.0. The van der Waals surface area contributed by atoms with Crippen molar-refractivity contribution in [3.05, 3.63) is 52.7 Å². The Balaban J connectivity index is 1.70. The zero-order valence-corrected chi connectivity index (χ0v) is 11.9. The number of hydrogen-bond donors (Lipinski definition) is 1. The number of thiazole rings is 1. The largest absolute Gasteiger partial charge is 0.375 e. The van der Waals surface area contributed by atoms with E-state index in [9.17, 15) is 0 Å². The minimum atomic E-state index is 0.653. The predicted molar refractivity (Wildman–Crippen MR) is 83.1 cm³/mol. The van der Waals surface area contributed by atoms with Crippen LogP contribution in [-0.2, 0) is 6.42 Å². The van der Waals surface area contributed by atoms with Crippen molar-refractivity contribution in [3.8, 4) is 0 Å². The molecule has 4 heteroatoms. The van der Waals surface area contributed by atoms with Crippen molar-refractivity contribution >= 4 is 27.4 Å². The van der Waals surface area contributed by atoms with E-state index in [2.05, 4.69) is 34.2 Å². The molecular weight excluding hydrogens is 266 g/mol. The third-order valence-corrected chi connectivity index (χ3v) is 4.64. The van der Waals surface area contributed by atoms with Crippen LogP contribution in [0.4, 0.5) is 5.13 Å². The number of pyridine rings is 1. The lowest BCUT2D eigenvalue weighted by Gasteiger charge is -2.03. The quantitative estimate of drug-likeness (QED) is 0.795. The fourth-order valence-electron chi connectivity index (χ4n) is 2.61. The highest BCUT2D eigenvalue weighted by Gasteiger charge is 2.29. The Morgan fingerprint density at radius 1 is 1.25 bits per heavy atom. The maximum absolute atomic E-state index is 5.89. The molecule has 0 unspecified atom stereocenters. The smallest absolute Gasteiger partial charge is 0.180 e. The van der Waals surface area contributed by atoms with Gasteiger partial charge in [0, 0.05) is 28.8 Å². The molecule has 2 heterocycles. The summed E-state index contributed by atoms with van der Waals surface area (Å²) in [5.74, 6) is 0.653.